The van der Waals surface area contributed by atoms with Gasteiger partial charge in [-0.05, 0) is 74.2 Å². The van der Waals surface area contributed by atoms with Crippen LogP contribution in [0.4, 0.5) is 0 Å². The molecule has 1 N–H and O–H groups in total. The second-order valence-electron chi connectivity index (χ2n) is 9.18. The van der Waals surface area contributed by atoms with Crippen LogP contribution in [0.2, 0.25) is 0 Å². The lowest BCUT2D eigenvalue weighted by molar-refractivity contribution is -0.126. The topological polar surface area (TPSA) is 79.0 Å². The van der Waals surface area contributed by atoms with Crippen LogP contribution in [-0.4, -0.2) is 56.8 Å². The highest BCUT2D eigenvalue weighted by molar-refractivity contribution is 7.89. The number of rotatable bonds is 8. The first kappa shape index (κ1) is 24.7. The number of benzene rings is 2. The summed E-state index contributed by atoms with van der Waals surface area (Å²) in [5.41, 5.74) is 2.42. The van der Waals surface area contributed by atoms with E-state index in [-0.39, 0.29) is 16.7 Å². The molecule has 2 heterocycles. The van der Waals surface area contributed by atoms with Crippen LogP contribution in [0, 0.1) is 5.92 Å². The minimum Gasteiger partial charge on any atom is -0.497 e. The molecule has 7 nitrogen and oxygen atoms in total. The number of piperidine rings is 2. The van der Waals surface area contributed by atoms with Gasteiger partial charge in [0.25, 0.3) is 0 Å². The standard InChI is InChI=1S/C26H35N3O4S/c1-33-24-9-11-25(12-10-24)34(31,32)29-17-13-21(14-18-29)26(30)27-19-22-7-3-4-8-23(22)20-28-15-5-2-6-16-28/h3-4,7-12,21H,2,5-6,13-20H2,1H3,(H,27,30). The van der Waals surface area contributed by atoms with Crippen molar-refractivity contribution in [2.75, 3.05) is 33.3 Å². The first-order valence-corrected chi connectivity index (χ1v) is 13.6. The second kappa shape index (κ2) is 11.3. The molecular formula is C26H35N3O4S. The van der Waals surface area contributed by atoms with Crippen LogP contribution in [0.25, 0.3) is 0 Å². The van der Waals surface area contributed by atoms with E-state index in [0.717, 1.165) is 25.2 Å². The maximum Gasteiger partial charge on any atom is 0.243 e. The lowest BCUT2D eigenvalue weighted by Gasteiger charge is -2.30. The van der Waals surface area contributed by atoms with Gasteiger partial charge in [-0.1, -0.05) is 30.7 Å². The van der Waals surface area contributed by atoms with Crippen molar-refractivity contribution in [3.63, 3.8) is 0 Å². The Morgan fingerprint density at radius 3 is 2.24 bits per heavy atom. The van der Waals surface area contributed by atoms with Gasteiger partial charge in [-0.3, -0.25) is 9.69 Å². The fraction of sp³-hybridized carbons (Fsp3) is 0.500. The van der Waals surface area contributed by atoms with Gasteiger partial charge in [0.2, 0.25) is 15.9 Å². The number of carbonyl (C=O) groups excluding carboxylic acids is 1. The van der Waals surface area contributed by atoms with E-state index in [9.17, 15) is 13.2 Å². The minimum atomic E-state index is -3.57. The molecule has 2 aliphatic rings. The molecule has 2 aromatic rings. The molecular weight excluding hydrogens is 450 g/mol. The van der Waals surface area contributed by atoms with E-state index in [4.69, 9.17) is 4.74 Å². The highest BCUT2D eigenvalue weighted by atomic mass is 32.2. The summed E-state index contributed by atoms with van der Waals surface area (Å²) in [5.74, 6) is 0.456. The van der Waals surface area contributed by atoms with Crippen LogP contribution in [0.1, 0.15) is 43.2 Å². The number of hydrogen-bond donors (Lipinski definition) is 1. The van der Waals surface area contributed by atoms with E-state index in [2.05, 4.69) is 28.4 Å². The summed E-state index contributed by atoms with van der Waals surface area (Å²) < 4.78 is 32.5. The van der Waals surface area contributed by atoms with Crippen molar-refractivity contribution in [3.8, 4) is 5.75 Å². The predicted octanol–water partition coefficient (Wildman–Crippen LogP) is 3.40. The zero-order valence-electron chi connectivity index (χ0n) is 19.9. The minimum absolute atomic E-state index is 0.00858. The van der Waals surface area contributed by atoms with Crippen molar-refractivity contribution in [1.82, 2.24) is 14.5 Å². The van der Waals surface area contributed by atoms with Gasteiger partial charge < -0.3 is 10.1 Å². The highest BCUT2D eigenvalue weighted by Gasteiger charge is 2.32. The first-order chi connectivity index (χ1) is 16.5. The molecule has 0 bridgehead atoms. The second-order valence-corrected chi connectivity index (χ2v) is 11.1. The third-order valence-electron chi connectivity index (χ3n) is 6.94. The average molecular weight is 486 g/mol. The molecule has 2 aromatic carbocycles. The molecule has 8 heteroatoms. The van der Waals surface area contributed by atoms with Gasteiger partial charge in [-0.2, -0.15) is 4.31 Å². The van der Waals surface area contributed by atoms with Crippen molar-refractivity contribution < 1.29 is 17.9 Å². The molecule has 2 fully saturated rings. The number of amides is 1. The van der Waals surface area contributed by atoms with Crippen LogP contribution < -0.4 is 10.1 Å². The van der Waals surface area contributed by atoms with E-state index >= 15 is 0 Å². The number of sulfonamides is 1. The Morgan fingerprint density at radius 1 is 0.941 bits per heavy atom. The smallest absolute Gasteiger partial charge is 0.243 e. The van der Waals surface area contributed by atoms with Crippen molar-refractivity contribution in [1.29, 1.82) is 0 Å². The maximum atomic E-state index is 13.0. The van der Waals surface area contributed by atoms with Gasteiger partial charge in [0, 0.05) is 32.1 Å². The molecule has 0 radical (unpaired) electrons. The summed E-state index contributed by atoms with van der Waals surface area (Å²) in [6.45, 7) is 4.40. The van der Waals surface area contributed by atoms with Crippen molar-refractivity contribution in [2.24, 2.45) is 5.92 Å². The van der Waals surface area contributed by atoms with E-state index < -0.39 is 10.0 Å². The number of nitrogens with zero attached hydrogens (tertiary/aromatic N) is 2. The van der Waals surface area contributed by atoms with E-state index in [0.29, 0.717) is 38.2 Å². The van der Waals surface area contributed by atoms with E-state index in [1.54, 1.807) is 31.4 Å². The zero-order valence-corrected chi connectivity index (χ0v) is 20.7. The molecule has 1 amide bonds. The molecule has 184 valence electrons. The molecule has 0 aliphatic carbocycles. The van der Waals surface area contributed by atoms with Gasteiger partial charge >= 0.3 is 0 Å². The van der Waals surface area contributed by atoms with E-state index in [1.807, 2.05) is 6.07 Å². The number of ether oxygens (including phenoxy) is 1. The molecule has 34 heavy (non-hydrogen) atoms. The van der Waals surface area contributed by atoms with Crippen LogP contribution >= 0.6 is 0 Å². The molecule has 4 rings (SSSR count). The van der Waals surface area contributed by atoms with Crippen LogP contribution in [0.5, 0.6) is 5.75 Å². The summed E-state index contributed by atoms with van der Waals surface area (Å²) in [7, 11) is -2.02. The monoisotopic (exact) mass is 485 g/mol. The maximum absolute atomic E-state index is 13.0. The van der Waals surface area contributed by atoms with Gasteiger partial charge in [0.15, 0.2) is 0 Å². The molecule has 0 aromatic heterocycles. The molecule has 0 saturated carbocycles. The Hall–Kier alpha value is -2.42. The van der Waals surface area contributed by atoms with E-state index in [1.165, 1.54) is 29.1 Å². The number of nitrogens with one attached hydrogen (secondary N) is 1. The van der Waals surface area contributed by atoms with Gasteiger partial charge in [-0.15, -0.1) is 0 Å². The summed E-state index contributed by atoms with van der Waals surface area (Å²) in [6, 6.07) is 14.7. The third-order valence-corrected chi connectivity index (χ3v) is 8.85. The molecule has 0 atom stereocenters. The Balaban J connectivity index is 1.29. The number of methoxy groups -OCH3 is 1. The quantitative estimate of drug-likeness (QED) is 0.620. The van der Waals surface area contributed by atoms with Crippen LogP contribution in [0.15, 0.2) is 53.4 Å². The predicted molar refractivity (Wildman–Crippen MR) is 132 cm³/mol. The number of likely N-dealkylation sites (tertiary alicyclic amines) is 1. The SMILES string of the molecule is COc1ccc(S(=O)(=O)N2CCC(C(=O)NCc3ccccc3CN3CCCCC3)CC2)cc1. The third kappa shape index (κ3) is 5.98. The lowest BCUT2D eigenvalue weighted by atomic mass is 9.97. The van der Waals surface area contributed by atoms with Gasteiger partial charge in [0.05, 0.1) is 12.0 Å². The fourth-order valence-electron chi connectivity index (χ4n) is 4.82. The largest absolute Gasteiger partial charge is 0.497 e. The summed E-state index contributed by atoms with van der Waals surface area (Å²) in [4.78, 5) is 15.6. The Kier molecular flexibility index (Phi) is 8.24. The van der Waals surface area contributed by atoms with Gasteiger partial charge in [0.1, 0.15) is 5.75 Å². The normalized spacial score (nSPS) is 18.5. The zero-order chi connectivity index (χ0) is 24.0. The average Bonchev–Trinajstić information content (AvgIpc) is 2.88. The highest BCUT2D eigenvalue weighted by Crippen LogP contribution is 2.25. The molecule has 2 saturated heterocycles. The van der Waals surface area contributed by atoms with Crippen molar-refractivity contribution in [2.45, 2.75) is 50.1 Å². The first-order valence-electron chi connectivity index (χ1n) is 12.2. The Bertz CT molecular complexity index is 1060. The van der Waals surface area contributed by atoms with Crippen LogP contribution in [-0.2, 0) is 27.9 Å². The molecule has 0 unspecified atom stereocenters. The van der Waals surface area contributed by atoms with Gasteiger partial charge in [-0.25, -0.2) is 8.42 Å². The molecule has 2 aliphatic heterocycles. The lowest BCUT2D eigenvalue weighted by Crippen LogP contribution is -2.42. The summed E-state index contributed by atoms with van der Waals surface area (Å²) in [5, 5.41) is 3.10. The Labute approximate surface area is 203 Å². The summed E-state index contributed by atoms with van der Waals surface area (Å²) >= 11 is 0. The van der Waals surface area contributed by atoms with Crippen LogP contribution in [0.3, 0.4) is 0 Å². The molecule has 0 spiro atoms. The van der Waals surface area contributed by atoms with Crippen molar-refractivity contribution in [3.05, 3.63) is 59.7 Å². The van der Waals surface area contributed by atoms with Crippen molar-refractivity contribution >= 4 is 15.9 Å². The fourth-order valence-corrected chi connectivity index (χ4v) is 6.29. The number of hydrogen-bond acceptors (Lipinski definition) is 5. The Morgan fingerprint density at radius 2 is 1.59 bits per heavy atom. The summed E-state index contributed by atoms with van der Waals surface area (Å²) in [6.07, 6.45) is 4.87. The number of carbonyl (C=O) groups is 1.